The molecule has 0 aliphatic rings. The first-order chi connectivity index (χ1) is 9.02. The lowest BCUT2D eigenvalue weighted by Gasteiger charge is -2.20. The molecule has 0 radical (unpaired) electrons. The van der Waals surface area contributed by atoms with Crippen LogP contribution in [0.2, 0.25) is 0 Å². The Morgan fingerprint density at radius 1 is 1.32 bits per heavy atom. The first kappa shape index (κ1) is 14.7. The maximum Gasteiger partial charge on any atom is 0.123 e. The monoisotopic (exact) mass is 341 g/mol. The molecule has 2 rings (SSSR count). The molecule has 0 saturated carbocycles. The van der Waals surface area contributed by atoms with Crippen LogP contribution in [0, 0.1) is 19.7 Å². The molecule has 0 amide bonds. The van der Waals surface area contributed by atoms with Crippen molar-refractivity contribution in [2.24, 2.45) is 0 Å². The lowest BCUT2D eigenvalue weighted by atomic mass is 10.00. The van der Waals surface area contributed by atoms with E-state index in [2.05, 4.69) is 41.2 Å². The molecule has 0 saturated heterocycles. The lowest BCUT2D eigenvalue weighted by Crippen LogP contribution is -2.22. The second kappa shape index (κ2) is 6.16. The third kappa shape index (κ3) is 3.25. The fraction of sp³-hybridized carbons (Fsp3) is 0.333. The van der Waals surface area contributed by atoms with Gasteiger partial charge in [-0.25, -0.2) is 4.39 Å². The molecule has 19 heavy (non-hydrogen) atoms. The molecule has 102 valence electrons. The standard InChI is InChI=1S/C15H17BrFNS/c1-4-18-14(15-13(16)8-10(3)19-15)12-6-5-11(17)7-9(12)2/h5-8,14,18H,4H2,1-3H3. The van der Waals surface area contributed by atoms with Gasteiger partial charge in [0.05, 0.1) is 6.04 Å². The van der Waals surface area contributed by atoms with E-state index in [9.17, 15) is 4.39 Å². The normalized spacial score (nSPS) is 12.7. The van der Waals surface area contributed by atoms with Gasteiger partial charge >= 0.3 is 0 Å². The number of halogens is 2. The molecule has 4 heteroatoms. The zero-order valence-corrected chi connectivity index (χ0v) is 13.7. The van der Waals surface area contributed by atoms with Crippen LogP contribution < -0.4 is 5.32 Å². The van der Waals surface area contributed by atoms with Gasteiger partial charge in [0.15, 0.2) is 0 Å². The smallest absolute Gasteiger partial charge is 0.123 e. The second-order valence-electron chi connectivity index (χ2n) is 4.56. The number of aryl methyl sites for hydroxylation is 2. The van der Waals surface area contributed by atoms with E-state index in [-0.39, 0.29) is 11.9 Å². The number of benzene rings is 1. The molecular formula is C15H17BrFNS. The van der Waals surface area contributed by atoms with E-state index in [0.717, 1.165) is 22.1 Å². The van der Waals surface area contributed by atoms with Crippen molar-refractivity contribution in [1.82, 2.24) is 5.32 Å². The van der Waals surface area contributed by atoms with Crippen molar-refractivity contribution in [2.45, 2.75) is 26.8 Å². The summed E-state index contributed by atoms with van der Waals surface area (Å²) in [6.07, 6.45) is 0. The molecule has 2 aromatic rings. The highest BCUT2D eigenvalue weighted by Gasteiger charge is 2.20. The molecule has 0 aliphatic carbocycles. The average molecular weight is 342 g/mol. The fourth-order valence-corrected chi connectivity index (χ4v) is 4.18. The maximum atomic E-state index is 13.3. The number of hydrogen-bond donors (Lipinski definition) is 1. The molecule has 1 atom stereocenters. The van der Waals surface area contributed by atoms with E-state index < -0.39 is 0 Å². The van der Waals surface area contributed by atoms with Gasteiger partial charge < -0.3 is 5.32 Å². The van der Waals surface area contributed by atoms with Crippen molar-refractivity contribution in [3.05, 3.63) is 55.4 Å². The SMILES string of the molecule is CCNC(c1ccc(F)cc1C)c1sc(C)cc1Br. The van der Waals surface area contributed by atoms with E-state index in [0.29, 0.717) is 0 Å². The predicted molar refractivity (Wildman–Crippen MR) is 83.4 cm³/mol. The van der Waals surface area contributed by atoms with Crippen LogP contribution in [0.5, 0.6) is 0 Å². The third-order valence-corrected chi connectivity index (χ3v) is 5.08. The Labute approximate surface area is 126 Å². The van der Waals surface area contributed by atoms with Gasteiger partial charge in [-0.15, -0.1) is 11.3 Å². The maximum absolute atomic E-state index is 13.3. The third-order valence-electron chi connectivity index (χ3n) is 3.05. The predicted octanol–water partition coefficient (Wildman–Crippen LogP) is 4.97. The first-order valence-electron chi connectivity index (χ1n) is 6.28. The molecule has 1 nitrogen and oxygen atoms in total. The number of hydrogen-bond acceptors (Lipinski definition) is 2. The van der Waals surface area contributed by atoms with Crippen molar-refractivity contribution in [2.75, 3.05) is 6.54 Å². The molecule has 0 spiro atoms. The van der Waals surface area contributed by atoms with E-state index in [1.807, 2.05) is 13.0 Å². The van der Waals surface area contributed by atoms with Crippen LogP contribution in [0.1, 0.15) is 33.8 Å². The summed E-state index contributed by atoms with van der Waals surface area (Å²) in [6, 6.07) is 7.23. The van der Waals surface area contributed by atoms with Gasteiger partial charge in [0.1, 0.15) is 5.82 Å². The van der Waals surface area contributed by atoms with Crippen LogP contribution in [0.3, 0.4) is 0 Å². The molecule has 1 aromatic heterocycles. The number of nitrogens with one attached hydrogen (secondary N) is 1. The van der Waals surface area contributed by atoms with Gasteiger partial charge in [-0.05, 0) is 65.6 Å². The zero-order valence-electron chi connectivity index (χ0n) is 11.3. The Bertz CT molecular complexity index is 580. The quantitative estimate of drug-likeness (QED) is 0.828. The Kier molecular flexibility index (Phi) is 4.76. The van der Waals surface area contributed by atoms with Crippen LogP contribution in [0.15, 0.2) is 28.7 Å². The van der Waals surface area contributed by atoms with Gasteiger partial charge in [-0.3, -0.25) is 0 Å². The van der Waals surface area contributed by atoms with Gasteiger partial charge in [-0.2, -0.15) is 0 Å². The van der Waals surface area contributed by atoms with Crippen molar-refractivity contribution >= 4 is 27.3 Å². The van der Waals surface area contributed by atoms with Crippen LogP contribution >= 0.6 is 27.3 Å². The minimum Gasteiger partial charge on any atom is -0.306 e. The Morgan fingerprint density at radius 2 is 2.05 bits per heavy atom. The minimum absolute atomic E-state index is 0.110. The van der Waals surface area contributed by atoms with E-state index >= 15 is 0 Å². The molecule has 1 aromatic carbocycles. The van der Waals surface area contributed by atoms with E-state index in [4.69, 9.17) is 0 Å². The molecule has 1 unspecified atom stereocenters. The Hall–Kier alpha value is -0.710. The molecular weight excluding hydrogens is 325 g/mol. The molecule has 1 heterocycles. The summed E-state index contributed by atoms with van der Waals surface area (Å²) >= 11 is 5.39. The Balaban J connectivity index is 2.48. The minimum atomic E-state index is -0.182. The summed E-state index contributed by atoms with van der Waals surface area (Å²) in [5.74, 6) is -0.182. The Morgan fingerprint density at radius 3 is 2.58 bits per heavy atom. The molecule has 1 N–H and O–H groups in total. The summed E-state index contributed by atoms with van der Waals surface area (Å²) in [6.45, 7) is 7.00. The van der Waals surface area contributed by atoms with Crippen LogP contribution in [-0.4, -0.2) is 6.54 Å². The summed E-state index contributed by atoms with van der Waals surface area (Å²) in [5, 5.41) is 3.49. The highest BCUT2D eigenvalue weighted by Crippen LogP contribution is 2.36. The van der Waals surface area contributed by atoms with E-state index in [1.54, 1.807) is 17.4 Å². The van der Waals surface area contributed by atoms with Gasteiger partial charge in [-0.1, -0.05) is 13.0 Å². The first-order valence-corrected chi connectivity index (χ1v) is 7.89. The van der Waals surface area contributed by atoms with E-state index in [1.165, 1.54) is 15.8 Å². The van der Waals surface area contributed by atoms with Gasteiger partial charge in [0.2, 0.25) is 0 Å². The van der Waals surface area contributed by atoms with Gasteiger partial charge in [0.25, 0.3) is 0 Å². The highest BCUT2D eigenvalue weighted by molar-refractivity contribution is 9.10. The van der Waals surface area contributed by atoms with Crippen molar-refractivity contribution in [3.63, 3.8) is 0 Å². The van der Waals surface area contributed by atoms with Crippen molar-refractivity contribution in [1.29, 1.82) is 0 Å². The molecule has 0 bridgehead atoms. The largest absolute Gasteiger partial charge is 0.306 e. The van der Waals surface area contributed by atoms with Crippen molar-refractivity contribution in [3.8, 4) is 0 Å². The van der Waals surface area contributed by atoms with Crippen LogP contribution in [0.4, 0.5) is 4.39 Å². The summed E-state index contributed by atoms with van der Waals surface area (Å²) in [4.78, 5) is 2.51. The second-order valence-corrected chi connectivity index (χ2v) is 6.70. The summed E-state index contributed by atoms with van der Waals surface area (Å²) < 4.78 is 14.4. The zero-order chi connectivity index (χ0) is 14.0. The van der Waals surface area contributed by atoms with Crippen LogP contribution in [-0.2, 0) is 0 Å². The highest BCUT2D eigenvalue weighted by atomic mass is 79.9. The van der Waals surface area contributed by atoms with Gasteiger partial charge in [0, 0.05) is 14.2 Å². The fourth-order valence-electron chi connectivity index (χ4n) is 2.21. The molecule has 0 fully saturated rings. The van der Waals surface area contributed by atoms with Crippen molar-refractivity contribution < 1.29 is 4.39 Å². The number of rotatable bonds is 4. The topological polar surface area (TPSA) is 12.0 Å². The summed E-state index contributed by atoms with van der Waals surface area (Å²) in [7, 11) is 0. The van der Waals surface area contributed by atoms with Crippen LogP contribution in [0.25, 0.3) is 0 Å². The lowest BCUT2D eigenvalue weighted by molar-refractivity contribution is 0.613. The molecule has 0 aliphatic heterocycles. The average Bonchev–Trinajstić information content (AvgIpc) is 2.66. The summed E-state index contributed by atoms with van der Waals surface area (Å²) in [5.41, 5.74) is 2.11. The number of thiophene rings is 1.